The number of carbonyl (C=O) groups is 1. The first-order valence-electron chi connectivity index (χ1n) is 6.18. The molecule has 0 fully saturated rings. The van der Waals surface area contributed by atoms with E-state index < -0.39 is 0 Å². The van der Waals surface area contributed by atoms with E-state index in [0.29, 0.717) is 11.0 Å². The van der Waals surface area contributed by atoms with Gasteiger partial charge in [0.25, 0.3) is 5.91 Å². The van der Waals surface area contributed by atoms with Crippen molar-refractivity contribution in [1.29, 1.82) is 0 Å². The zero-order valence-corrected chi connectivity index (χ0v) is 11.3. The summed E-state index contributed by atoms with van der Waals surface area (Å²) in [4.78, 5) is 11.4. The topological polar surface area (TPSA) is 29.1 Å². The Morgan fingerprint density at radius 3 is 2.38 bits per heavy atom. The molecule has 0 atom stereocenters. The molecular formula is C13H27N2O+. The predicted molar refractivity (Wildman–Crippen MR) is 69.2 cm³/mol. The summed E-state index contributed by atoms with van der Waals surface area (Å²) >= 11 is 0. The number of allylic oxidation sites excluding steroid dienone is 1. The van der Waals surface area contributed by atoms with Gasteiger partial charge in [-0.3, -0.25) is 4.79 Å². The van der Waals surface area contributed by atoms with Crippen molar-refractivity contribution in [3.63, 3.8) is 0 Å². The van der Waals surface area contributed by atoms with Gasteiger partial charge in [-0.1, -0.05) is 31.9 Å². The van der Waals surface area contributed by atoms with Crippen molar-refractivity contribution in [3.05, 3.63) is 12.2 Å². The van der Waals surface area contributed by atoms with Crippen LogP contribution in [0.4, 0.5) is 0 Å². The van der Waals surface area contributed by atoms with Crippen LogP contribution in [0.15, 0.2) is 12.2 Å². The van der Waals surface area contributed by atoms with Gasteiger partial charge in [0.2, 0.25) is 0 Å². The molecule has 0 spiro atoms. The van der Waals surface area contributed by atoms with Crippen LogP contribution in [0.25, 0.3) is 0 Å². The van der Waals surface area contributed by atoms with Crippen LogP contribution >= 0.6 is 0 Å². The average molecular weight is 227 g/mol. The minimum Gasteiger partial charge on any atom is -0.351 e. The van der Waals surface area contributed by atoms with Crippen molar-refractivity contribution >= 4 is 5.91 Å². The Kier molecular flexibility index (Phi) is 7.90. The fraction of sp³-hybridized carbons (Fsp3) is 0.769. The zero-order chi connectivity index (χ0) is 12.4. The minimum atomic E-state index is 0.134. The molecule has 0 aliphatic heterocycles. The summed E-state index contributed by atoms with van der Waals surface area (Å²) in [5, 5.41) is 2.92. The molecule has 1 N–H and O–H groups in total. The summed E-state index contributed by atoms with van der Waals surface area (Å²) in [6.45, 7) is 3.49. The molecule has 16 heavy (non-hydrogen) atoms. The van der Waals surface area contributed by atoms with Crippen LogP contribution in [-0.2, 0) is 4.79 Å². The standard InChI is InChI=1S/C13H26N2O/c1-5-6-7-8-9-10-11-14-13(16)12-15(2,3)4/h8-9H,5-7,10-12H2,1-4H3/p+1. The molecule has 3 heteroatoms. The molecule has 1 amide bonds. The Labute approximate surface area is 100 Å². The monoisotopic (exact) mass is 227 g/mol. The summed E-state index contributed by atoms with van der Waals surface area (Å²) in [6, 6.07) is 0. The molecule has 94 valence electrons. The van der Waals surface area contributed by atoms with E-state index in [2.05, 4.69) is 24.4 Å². The molecule has 0 aromatic carbocycles. The third kappa shape index (κ3) is 11.2. The van der Waals surface area contributed by atoms with Crippen LogP contribution in [0.2, 0.25) is 0 Å². The van der Waals surface area contributed by atoms with Gasteiger partial charge in [0.15, 0.2) is 6.54 Å². The number of unbranched alkanes of at least 4 members (excludes halogenated alkanes) is 2. The SMILES string of the molecule is CCCCC=CCCNC(=O)C[N+](C)(C)C. The van der Waals surface area contributed by atoms with E-state index in [1.807, 2.05) is 21.1 Å². The largest absolute Gasteiger partial charge is 0.351 e. The van der Waals surface area contributed by atoms with Crippen molar-refractivity contribution in [1.82, 2.24) is 5.32 Å². The Morgan fingerprint density at radius 1 is 1.19 bits per heavy atom. The zero-order valence-electron chi connectivity index (χ0n) is 11.3. The fourth-order valence-corrected chi connectivity index (χ4v) is 1.34. The smallest absolute Gasteiger partial charge is 0.275 e. The van der Waals surface area contributed by atoms with E-state index in [4.69, 9.17) is 0 Å². The lowest BCUT2D eigenvalue weighted by Gasteiger charge is -2.22. The third-order valence-electron chi connectivity index (χ3n) is 2.14. The number of likely N-dealkylation sites (N-methyl/N-ethyl adjacent to an activating group) is 1. The second-order valence-electron chi connectivity index (χ2n) is 5.20. The Bertz CT molecular complexity index is 216. The predicted octanol–water partition coefficient (Wildman–Crippen LogP) is 1.95. The lowest BCUT2D eigenvalue weighted by Crippen LogP contribution is -2.44. The van der Waals surface area contributed by atoms with E-state index >= 15 is 0 Å². The molecule has 0 saturated heterocycles. The Morgan fingerprint density at radius 2 is 1.81 bits per heavy atom. The molecule has 0 heterocycles. The molecule has 0 bridgehead atoms. The maximum absolute atomic E-state index is 11.4. The van der Waals surface area contributed by atoms with Crippen molar-refractivity contribution in [3.8, 4) is 0 Å². The molecule has 0 aliphatic rings. The van der Waals surface area contributed by atoms with E-state index in [1.54, 1.807) is 0 Å². The Balaban J connectivity index is 3.45. The summed E-state index contributed by atoms with van der Waals surface area (Å²) < 4.78 is 0.679. The summed E-state index contributed by atoms with van der Waals surface area (Å²) in [6.07, 6.45) is 8.95. The third-order valence-corrected chi connectivity index (χ3v) is 2.14. The number of amides is 1. The number of nitrogens with zero attached hydrogens (tertiary/aromatic N) is 1. The van der Waals surface area contributed by atoms with Crippen LogP contribution in [0.3, 0.4) is 0 Å². The maximum atomic E-state index is 11.4. The van der Waals surface area contributed by atoms with Gasteiger partial charge in [-0.15, -0.1) is 0 Å². The van der Waals surface area contributed by atoms with Crippen molar-refractivity contribution in [2.45, 2.75) is 32.6 Å². The fourth-order valence-electron chi connectivity index (χ4n) is 1.34. The highest BCUT2D eigenvalue weighted by Crippen LogP contribution is 1.95. The maximum Gasteiger partial charge on any atom is 0.275 e. The molecule has 0 aliphatic carbocycles. The van der Waals surface area contributed by atoms with Gasteiger partial charge in [-0.25, -0.2) is 0 Å². The van der Waals surface area contributed by atoms with Gasteiger partial charge < -0.3 is 9.80 Å². The van der Waals surface area contributed by atoms with E-state index in [0.717, 1.165) is 19.4 Å². The molecule has 0 aromatic heterocycles. The quantitative estimate of drug-likeness (QED) is 0.383. The van der Waals surface area contributed by atoms with Crippen LogP contribution in [0, 0.1) is 0 Å². The normalized spacial score (nSPS) is 12.0. The molecular weight excluding hydrogens is 200 g/mol. The molecule has 0 rings (SSSR count). The number of hydrogen-bond acceptors (Lipinski definition) is 1. The van der Waals surface area contributed by atoms with E-state index in [9.17, 15) is 4.79 Å². The van der Waals surface area contributed by atoms with E-state index in [-0.39, 0.29) is 5.91 Å². The lowest BCUT2D eigenvalue weighted by atomic mass is 10.2. The number of rotatable bonds is 8. The highest BCUT2D eigenvalue weighted by Gasteiger charge is 2.12. The summed E-state index contributed by atoms with van der Waals surface area (Å²) in [5.41, 5.74) is 0. The number of quaternary nitrogens is 1. The summed E-state index contributed by atoms with van der Waals surface area (Å²) in [5.74, 6) is 0.134. The van der Waals surface area contributed by atoms with Crippen LogP contribution in [0.1, 0.15) is 32.6 Å². The first-order chi connectivity index (χ1) is 7.45. The second kappa shape index (κ2) is 8.34. The van der Waals surface area contributed by atoms with Crippen molar-refractivity contribution in [2.24, 2.45) is 0 Å². The van der Waals surface area contributed by atoms with Crippen molar-refractivity contribution < 1.29 is 9.28 Å². The molecule has 0 radical (unpaired) electrons. The second-order valence-corrected chi connectivity index (χ2v) is 5.20. The first-order valence-corrected chi connectivity index (χ1v) is 6.18. The van der Waals surface area contributed by atoms with Crippen LogP contribution < -0.4 is 5.32 Å². The van der Waals surface area contributed by atoms with Gasteiger partial charge >= 0.3 is 0 Å². The number of nitrogens with one attached hydrogen (secondary N) is 1. The lowest BCUT2D eigenvalue weighted by molar-refractivity contribution is -0.862. The molecule has 0 aromatic rings. The highest BCUT2D eigenvalue weighted by atomic mass is 16.2. The number of hydrogen-bond donors (Lipinski definition) is 1. The van der Waals surface area contributed by atoms with Gasteiger partial charge in [0.05, 0.1) is 21.1 Å². The molecule has 0 unspecified atom stereocenters. The summed E-state index contributed by atoms with van der Waals surface area (Å²) in [7, 11) is 6.05. The highest BCUT2D eigenvalue weighted by molar-refractivity contribution is 5.76. The minimum absolute atomic E-state index is 0.134. The van der Waals surface area contributed by atoms with Gasteiger partial charge in [-0.2, -0.15) is 0 Å². The van der Waals surface area contributed by atoms with Gasteiger partial charge in [0, 0.05) is 6.54 Å². The van der Waals surface area contributed by atoms with Gasteiger partial charge in [-0.05, 0) is 12.8 Å². The molecule has 3 nitrogen and oxygen atoms in total. The van der Waals surface area contributed by atoms with Crippen LogP contribution in [-0.4, -0.2) is 44.6 Å². The Hall–Kier alpha value is -0.830. The average Bonchev–Trinajstić information content (AvgIpc) is 2.13. The van der Waals surface area contributed by atoms with Gasteiger partial charge in [0.1, 0.15) is 0 Å². The molecule has 0 saturated carbocycles. The van der Waals surface area contributed by atoms with Crippen LogP contribution in [0.5, 0.6) is 0 Å². The first kappa shape index (κ1) is 15.2. The van der Waals surface area contributed by atoms with Crippen molar-refractivity contribution in [2.75, 3.05) is 34.2 Å². The van der Waals surface area contributed by atoms with E-state index in [1.165, 1.54) is 12.8 Å². The number of carbonyl (C=O) groups excluding carboxylic acids is 1.